The Bertz CT molecular complexity index is 1280. The Balaban J connectivity index is 3.93. The first-order valence-corrected chi connectivity index (χ1v) is 24.6. The lowest BCUT2D eigenvalue weighted by molar-refractivity contribution is -0.870. The lowest BCUT2D eigenvalue weighted by Crippen LogP contribution is -2.45. The van der Waals surface area contributed by atoms with Crippen LogP contribution in [0.3, 0.4) is 0 Å². The maximum Gasteiger partial charge on any atom is 0.268 e. The molecule has 59 heavy (non-hydrogen) atoms. The zero-order valence-corrected chi connectivity index (χ0v) is 39.1. The van der Waals surface area contributed by atoms with Gasteiger partial charge >= 0.3 is 0 Å². The molecule has 0 aromatic rings. The van der Waals surface area contributed by atoms with Crippen LogP contribution in [0.4, 0.5) is 0 Å². The van der Waals surface area contributed by atoms with Gasteiger partial charge in [-0.25, -0.2) is 0 Å². The van der Waals surface area contributed by atoms with Crippen LogP contribution in [0, 0.1) is 0 Å². The van der Waals surface area contributed by atoms with Crippen LogP contribution < -0.4 is 10.2 Å². The first-order valence-electron chi connectivity index (χ1n) is 23.1. The standard InChI is InChI=1S/C50H87N2O6P/c1-6-8-10-12-13-14-15-16-17-18-19-20-21-22-23-24-25-26-27-28-29-30-31-32-33-34-35-36-37-38-39-40-42-44-50(54)51-48(49(53)43-41-11-9-7-2)47-58-59(55,56)57-46-45-52(3,4)5/h8,10,13-14,16-17,19-20,22-23,25-26,28-29,41,43,48-49,53H,6-7,9,11-12,15,18,21,24,27,30-40,42,44-47H2,1-5H3,(H-,51,54,55,56)/b10-8-,14-13-,17-16-,20-19-,23-22-,26-25-,29-28-,43-41+. The smallest absolute Gasteiger partial charge is 0.268 e. The Morgan fingerprint density at radius 1 is 0.610 bits per heavy atom. The summed E-state index contributed by atoms with van der Waals surface area (Å²) in [6.45, 7) is 4.34. The molecule has 0 saturated heterocycles. The largest absolute Gasteiger partial charge is 0.756 e. The molecule has 0 heterocycles. The van der Waals surface area contributed by atoms with Crippen LogP contribution >= 0.6 is 7.82 Å². The predicted octanol–water partition coefficient (Wildman–Crippen LogP) is 12.5. The summed E-state index contributed by atoms with van der Waals surface area (Å²) in [7, 11) is 1.24. The third-order valence-electron chi connectivity index (χ3n) is 9.55. The molecule has 0 aliphatic rings. The van der Waals surface area contributed by atoms with Crippen molar-refractivity contribution in [1.82, 2.24) is 5.32 Å². The van der Waals surface area contributed by atoms with Gasteiger partial charge in [-0.15, -0.1) is 0 Å². The SMILES string of the molecule is CC/C=C\C/C=C\C/C=C\C/C=C\C/C=C\C/C=C\C/C=C\CCCCCCCCCCCCCC(=O)NC(COP(=O)([O-])OCC[N+](C)(C)C)C(O)/C=C/CCCC. The predicted molar refractivity (Wildman–Crippen MR) is 251 cm³/mol. The van der Waals surface area contributed by atoms with E-state index in [1.54, 1.807) is 6.08 Å². The lowest BCUT2D eigenvalue weighted by Gasteiger charge is -2.29. The third kappa shape index (κ3) is 43.3. The Morgan fingerprint density at radius 3 is 1.49 bits per heavy atom. The maximum atomic E-state index is 12.7. The number of rotatable bonds is 40. The van der Waals surface area contributed by atoms with E-state index in [-0.39, 0.29) is 19.1 Å². The second-order valence-electron chi connectivity index (χ2n) is 16.4. The molecule has 0 aromatic carbocycles. The van der Waals surface area contributed by atoms with Crippen LogP contribution in [0.2, 0.25) is 0 Å². The highest BCUT2D eigenvalue weighted by Gasteiger charge is 2.23. The van der Waals surface area contributed by atoms with E-state index in [0.717, 1.165) is 83.5 Å². The van der Waals surface area contributed by atoms with Crippen LogP contribution in [-0.4, -0.2) is 68.5 Å². The first kappa shape index (κ1) is 56.4. The van der Waals surface area contributed by atoms with E-state index in [9.17, 15) is 19.4 Å². The van der Waals surface area contributed by atoms with Gasteiger partial charge in [0, 0.05) is 6.42 Å². The number of likely N-dealkylation sites (N-methyl/N-ethyl adjacent to an activating group) is 1. The van der Waals surface area contributed by atoms with Gasteiger partial charge in [0.1, 0.15) is 13.2 Å². The van der Waals surface area contributed by atoms with E-state index in [0.29, 0.717) is 17.4 Å². The van der Waals surface area contributed by atoms with Crippen LogP contribution in [0.1, 0.15) is 162 Å². The highest BCUT2D eigenvalue weighted by Crippen LogP contribution is 2.38. The number of quaternary nitrogens is 1. The number of allylic oxidation sites excluding steroid dienone is 15. The average molecular weight is 843 g/mol. The van der Waals surface area contributed by atoms with Crippen molar-refractivity contribution in [2.24, 2.45) is 0 Å². The zero-order chi connectivity index (χ0) is 43.6. The van der Waals surface area contributed by atoms with Crippen LogP contribution in [0.15, 0.2) is 97.2 Å². The normalized spacial score (nSPS) is 15.2. The number of carbonyl (C=O) groups is 1. The number of unbranched alkanes of at least 4 members (excludes halogenated alkanes) is 13. The summed E-state index contributed by atoms with van der Waals surface area (Å²) in [6, 6.07) is -0.889. The van der Waals surface area contributed by atoms with E-state index >= 15 is 0 Å². The molecule has 338 valence electrons. The monoisotopic (exact) mass is 843 g/mol. The van der Waals surface area contributed by atoms with Crippen LogP contribution in [0.25, 0.3) is 0 Å². The Kier molecular flexibility index (Phi) is 39.0. The van der Waals surface area contributed by atoms with Gasteiger partial charge < -0.3 is 28.8 Å². The van der Waals surface area contributed by atoms with E-state index < -0.39 is 20.0 Å². The number of hydrogen-bond acceptors (Lipinski definition) is 6. The molecule has 0 radical (unpaired) electrons. The molecule has 0 bridgehead atoms. The first-order chi connectivity index (χ1) is 28.5. The fourth-order valence-electron chi connectivity index (χ4n) is 5.88. The molecular weight excluding hydrogens is 756 g/mol. The summed E-state index contributed by atoms with van der Waals surface area (Å²) in [4.78, 5) is 25.0. The molecule has 0 aromatic heterocycles. The Labute approximate surface area is 362 Å². The second kappa shape index (κ2) is 40.8. The van der Waals surface area contributed by atoms with Crippen molar-refractivity contribution >= 4 is 13.7 Å². The molecular formula is C50H87N2O6P. The number of aliphatic hydroxyl groups is 1. The van der Waals surface area contributed by atoms with E-state index in [4.69, 9.17) is 9.05 Å². The van der Waals surface area contributed by atoms with Gasteiger partial charge in [-0.05, 0) is 70.6 Å². The second-order valence-corrected chi connectivity index (χ2v) is 17.8. The highest BCUT2D eigenvalue weighted by atomic mass is 31.2. The summed E-state index contributed by atoms with van der Waals surface area (Å²) >= 11 is 0. The minimum absolute atomic E-state index is 0.00742. The topological polar surface area (TPSA) is 108 Å². The van der Waals surface area contributed by atoms with Crippen LogP contribution in [0.5, 0.6) is 0 Å². The van der Waals surface area contributed by atoms with E-state index in [1.165, 1.54) is 57.8 Å². The Hall–Kier alpha value is -2.58. The number of phosphoric acid groups is 1. The summed E-state index contributed by atoms with van der Waals surface area (Å²) in [5.41, 5.74) is 0. The molecule has 1 amide bonds. The van der Waals surface area contributed by atoms with Crippen molar-refractivity contribution in [3.8, 4) is 0 Å². The number of phosphoric ester groups is 1. The van der Waals surface area contributed by atoms with Gasteiger partial charge in [0.2, 0.25) is 5.91 Å². The number of nitrogens with zero attached hydrogens (tertiary/aromatic N) is 1. The number of aliphatic hydroxyl groups excluding tert-OH is 1. The molecule has 0 aliphatic carbocycles. The van der Waals surface area contributed by atoms with E-state index in [1.807, 2.05) is 27.2 Å². The van der Waals surface area contributed by atoms with Crippen molar-refractivity contribution in [2.75, 3.05) is 40.9 Å². The number of amides is 1. The minimum atomic E-state index is -4.57. The summed E-state index contributed by atoms with van der Waals surface area (Å²) in [5, 5.41) is 13.5. The lowest BCUT2D eigenvalue weighted by atomic mass is 10.0. The molecule has 0 saturated carbocycles. The fourth-order valence-corrected chi connectivity index (χ4v) is 6.60. The maximum absolute atomic E-state index is 12.7. The van der Waals surface area contributed by atoms with Gasteiger partial charge in [0.15, 0.2) is 0 Å². The van der Waals surface area contributed by atoms with Crippen molar-refractivity contribution in [2.45, 2.75) is 174 Å². The van der Waals surface area contributed by atoms with Gasteiger partial charge in [-0.3, -0.25) is 9.36 Å². The van der Waals surface area contributed by atoms with Crippen molar-refractivity contribution in [3.63, 3.8) is 0 Å². The van der Waals surface area contributed by atoms with E-state index in [2.05, 4.69) is 104 Å². The van der Waals surface area contributed by atoms with Crippen molar-refractivity contribution in [3.05, 3.63) is 97.2 Å². The molecule has 0 spiro atoms. The van der Waals surface area contributed by atoms with Crippen molar-refractivity contribution in [1.29, 1.82) is 0 Å². The van der Waals surface area contributed by atoms with Gasteiger partial charge in [-0.2, -0.15) is 0 Å². The van der Waals surface area contributed by atoms with Gasteiger partial charge in [0.05, 0.1) is 39.9 Å². The van der Waals surface area contributed by atoms with Crippen LogP contribution in [-0.2, 0) is 18.4 Å². The fraction of sp³-hybridized carbons (Fsp3) is 0.660. The molecule has 0 rings (SSSR count). The average Bonchev–Trinajstić information content (AvgIpc) is 3.19. The summed E-state index contributed by atoms with van der Waals surface area (Å²) in [6.07, 6.45) is 58.2. The molecule has 9 heteroatoms. The summed E-state index contributed by atoms with van der Waals surface area (Å²) < 4.78 is 22.9. The van der Waals surface area contributed by atoms with Gasteiger partial charge in [0.25, 0.3) is 7.82 Å². The molecule has 3 atom stereocenters. The zero-order valence-electron chi connectivity index (χ0n) is 38.2. The number of nitrogens with one attached hydrogen (secondary N) is 1. The molecule has 0 fully saturated rings. The minimum Gasteiger partial charge on any atom is -0.756 e. The van der Waals surface area contributed by atoms with Crippen molar-refractivity contribution < 1.29 is 32.9 Å². The van der Waals surface area contributed by atoms with Gasteiger partial charge in [-0.1, -0.05) is 182 Å². The summed E-state index contributed by atoms with van der Waals surface area (Å²) in [5.74, 6) is -0.216. The third-order valence-corrected chi connectivity index (χ3v) is 10.5. The molecule has 0 aliphatic heterocycles. The molecule has 2 N–H and O–H groups in total. The Morgan fingerprint density at radius 2 is 1.03 bits per heavy atom. The number of carbonyl (C=O) groups excluding carboxylic acids is 1. The molecule has 8 nitrogen and oxygen atoms in total. The highest BCUT2D eigenvalue weighted by molar-refractivity contribution is 7.45. The number of hydrogen-bond donors (Lipinski definition) is 2. The molecule has 3 unspecified atom stereocenters. The quantitative estimate of drug-likeness (QED) is 0.0275.